The van der Waals surface area contributed by atoms with Crippen molar-refractivity contribution < 1.29 is 4.79 Å². The Balaban J connectivity index is 1.16. The molecule has 2 aromatic heterocycles. The van der Waals surface area contributed by atoms with Gasteiger partial charge in [-0.05, 0) is 54.1 Å². The molecule has 2 aromatic carbocycles. The van der Waals surface area contributed by atoms with Crippen molar-refractivity contribution in [1.82, 2.24) is 24.6 Å². The first kappa shape index (κ1) is 20.9. The minimum absolute atomic E-state index is 0.0779. The molecule has 1 aliphatic heterocycles. The third kappa shape index (κ3) is 4.60. The summed E-state index contributed by atoms with van der Waals surface area (Å²) in [6.45, 7) is 4.10. The monoisotopic (exact) mass is 463 g/mol. The van der Waals surface area contributed by atoms with Gasteiger partial charge in [0.15, 0.2) is 0 Å². The maximum atomic E-state index is 12.9. The van der Waals surface area contributed by atoms with Gasteiger partial charge in [-0.2, -0.15) is 5.10 Å². The van der Waals surface area contributed by atoms with Crippen molar-refractivity contribution in [1.29, 1.82) is 0 Å². The summed E-state index contributed by atoms with van der Waals surface area (Å²) in [7, 11) is 0. The molecule has 0 bridgehead atoms. The van der Waals surface area contributed by atoms with Crippen molar-refractivity contribution >= 4 is 28.8 Å². The van der Waals surface area contributed by atoms with Gasteiger partial charge in [0.25, 0.3) is 5.91 Å². The van der Waals surface area contributed by atoms with Gasteiger partial charge in [0, 0.05) is 53.1 Å². The van der Waals surface area contributed by atoms with E-state index in [2.05, 4.69) is 33.2 Å². The summed E-state index contributed by atoms with van der Waals surface area (Å²) in [5.74, 6) is 0.0779. The number of hydrogen-bond acceptors (Lipinski definition) is 5. The average Bonchev–Trinajstić information content (AvgIpc) is 3.52. The van der Waals surface area contributed by atoms with Crippen LogP contribution in [0.3, 0.4) is 0 Å². The zero-order chi connectivity index (χ0) is 21.9. The van der Waals surface area contributed by atoms with E-state index in [0.717, 1.165) is 49.0 Å². The van der Waals surface area contributed by atoms with E-state index in [9.17, 15) is 4.79 Å². The standard InChI is InChI=1S/C24H22ClN5OS/c25-20-3-1-2-19(14-20)23-9-8-22(32-23)15-28-10-12-29(13-11-28)24(31)18-4-6-21(7-5-18)30-17-26-16-27-30/h1-9,14,16-17H,10-13,15H2. The Bertz CT molecular complexity index is 1200. The van der Waals surface area contributed by atoms with Crippen molar-refractivity contribution in [3.8, 4) is 16.1 Å². The Morgan fingerprint density at radius 3 is 2.53 bits per heavy atom. The van der Waals surface area contributed by atoms with E-state index < -0.39 is 0 Å². The molecule has 0 N–H and O–H groups in total. The fourth-order valence-electron chi connectivity index (χ4n) is 3.87. The van der Waals surface area contributed by atoms with Gasteiger partial charge in [-0.3, -0.25) is 9.69 Å². The SMILES string of the molecule is O=C(c1ccc(-n2cncn2)cc1)N1CCN(Cc2ccc(-c3cccc(Cl)c3)s2)CC1. The van der Waals surface area contributed by atoms with Crippen LogP contribution in [-0.2, 0) is 6.54 Å². The fraction of sp³-hybridized carbons (Fsp3) is 0.208. The summed E-state index contributed by atoms with van der Waals surface area (Å²) >= 11 is 7.93. The molecule has 1 aliphatic rings. The molecule has 5 rings (SSSR count). The largest absolute Gasteiger partial charge is 0.336 e. The topological polar surface area (TPSA) is 54.3 Å². The van der Waals surface area contributed by atoms with Crippen LogP contribution in [0.4, 0.5) is 0 Å². The van der Waals surface area contributed by atoms with Gasteiger partial charge in [-0.25, -0.2) is 9.67 Å². The summed E-state index contributed by atoms with van der Waals surface area (Å²) in [5, 5.41) is 4.87. The predicted octanol–water partition coefficient (Wildman–Crippen LogP) is 4.61. The molecular weight excluding hydrogens is 442 g/mol. The fourth-order valence-corrected chi connectivity index (χ4v) is 5.11. The maximum Gasteiger partial charge on any atom is 0.253 e. The highest BCUT2D eigenvalue weighted by atomic mass is 35.5. The normalized spacial score (nSPS) is 14.6. The van der Waals surface area contributed by atoms with Crippen LogP contribution < -0.4 is 0 Å². The van der Waals surface area contributed by atoms with E-state index in [1.54, 1.807) is 22.3 Å². The van der Waals surface area contributed by atoms with Gasteiger partial charge >= 0.3 is 0 Å². The lowest BCUT2D eigenvalue weighted by molar-refractivity contribution is 0.0629. The number of rotatable bonds is 5. The van der Waals surface area contributed by atoms with Gasteiger partial charge in [-0.1, -0.05) is 23.7 Å². The molecule has 32 heavy (non-hydrogen) atoms. The molecule has 3 heterocycles. The highest BCUT2D eigenvalue weighted by Gasteiger charge is 2.22. The number of hydrogen-bond donors (Lipinski definition) is 0. The zero-order valence-electron chi connectivity index (χ0n) is 17.4. The maximum absolute atomic E-state index is 12.9. The number of aromatic nitrogens is 3. The summed E-state index contributed by atoms with van der Waals surface area (Å²) in [6, 6.07) is 19.8. The van der Waals surface area contributed by atoms with E-state index >= 15 is 0 Å². The van der Waals surface area contributed by atoms with E-state index in [0.29, 0.717) is 5.56 Å². The lowest BCUT2D eigenvalue weighted by Gasteiger charge is -2.34. The second-order valence-corrected chi connectivity index (χ2v) is 9.34. The molecule has 0 radical (unpaired) electrons. The predicted molar refractivity (Wildman–Crippen MR) is 127 cm³/mol. The molecule has 0 saturated carbocycles. The number of piperazine rings is 1. The lowest BCUT2D eigenvalue weighted by atomic mass is 10.1. The highest BCUT2D eigenvalue weighted by molar-refractivity contribution is 7.15. The molecular formula is C24H22ClN5OS. The summed E-state index contributed by atoms with van der Waals surface area (Å²) < 4.78 is 1.68. The molecule has 1 saturated heterocycles. The molecule has 0 atom stereocenters. The van der Waals surface area contributed by atoms with Crippen LogP contribution in [0.2, 0.25) is 5.02 Å². The molecule has 6 nitrogen and oxygen atoms in total. The number of halogens is 1. The Labute approximate surface area is 195 Å². The zero-order valence-corrected chi connectivity index (χ0v) is 19.0. The number of carbonyl (C=O) groups excluding carboxylic acids is 1. The van der Waals surface area contributed by atoms with Gasteiger partial charge in [0.1, 0.15) is 12.7 Å². The minimum atomic E-state index is 0.0779. The number of nitrogens with zero attached hydrogens (tertiary/aromatic N) is 5. The van der Waals surface area contributed by atoms with Crippen LogP contribution in [0.15, 0.2) is 73.3 Å². The number of benzene rings is 2. The first-order valence-electron chi connectivity index (χ1n) is 10.5. The third-order valence-corrected chi connectivity index (χ3v) is 6.96. The van der Waals surface area contributed by atoms with Crippen LogP contribution in [0.25, 0.3) is 16.1 Å². The first-order chi connectivity index (χ1) is 15.7. The van der Waals surface area contributed by atoms with Crippen LogP contribution in [-0.4, -0.2) is 56.7 Å². The van der Waals surface area contributed by atoms with Crippen LogP contribution in [0.5, 0.6) is 0 Å². The molecule has 0 spiro atoms. The number of amides is 1. The summed E-state index contributed by atoms with van der Waals surface area (Å²) in [6.07, 6.45) is 3.13. The number of thiophene rings is 1. The van der Waals surface area contributed by atoms with Crippen LogP contribution in [0.1, 0.15) is 15.2 Å². The van der Waals surface area contributed by atoms with Crippen LogP contribution in [0, 0.1) is 0 Å². The Morgan fingerprint density at radius 2 is 1.81 bits per heavy atom. The lowest BCUT2D eigenvalue weighted by Crippen LogP contribution is -2.48. The van der Waals surface area contributed by atoms with Crippen molar-refractivity contribution in [2.45, 2.75) is 6.54 Å². The molecule has 0 unspecified atom stereocenters. The molecule has 8 heteroatoms. The molecule has 162 valence electrons. The first-order valence-corrected chi connectivity index (χ1v) is 11.7. The van der Waals surface area contributed by atoms with Crippen LogP contribution >= 0.6 is 22.9 Å². The van der Waals surface area contributed by atoms with Crippen molar-refractivity contribution in [3.05, 3.63) is 88.8 Å². The summed E-state index contributed by atoms with van der Waals surface area (Å²) in [4.78, 5) is 23.8. The van der Waals surface area contributed by atoms with Gasteiger partial charge in [0.05, 0.1) is 5.69 Å². The Hall–Kier alpha value is -3.00. The highest BCUT2D eigenvalue weighted by Crippen LogP contribution is 2.30. The smallest absolute Gasteiger partial charge is 0.253 e. The van der Waals surface area contributed by atoms with Crippen molar-refractivity contribution in [2.24, 2.45) is 0 Å². The Kier molecular flexibility index (Phi) is 6.03. The van der Waals surface area contributed by atoms with Gasteiger partial charge in [0.2, 0.25) is 0 Å². The third-order valence-electron chi connectivity index (χ3n) is 5.61. The molecule has 1 fully saturated rings. The van der Waals surface area contributed by atoms with E-state index in [1.807, 2.05) is 47.4 Å². The van der Waals surface area contributed by atoms with Crippen molar-refractivity contribution in [3.63, 3.8) is 0 Å². The van der Waals surface area contributed by atoms with E-state index in [-0.39, 0.29) is 5.91 Å². The molecule has 0 aliphatic carbocycles. The summed E-state index contributed by atoms with van der Waals surface area (Å²) in [5.41, 5.74) is 2.74. The van der Waals surface area contributed by atoms with E-state index in [4.69, 9.17) is 11.6 Å². The average molecular weight is 464 g/mol. The second kappa shape index (κ2) is 9.24. The van der Waals surface area contributed by atoms with Gasteiger partial charge < -0.3 is 4.90 Å². The van der Waals surface area contributed by atoms with Gasteiger partial charge in [-0.15, -0.1) is 11.3 Å². The quantitative estimate of drug-likeness (QED) is 0.434. The van der Waals surface area contributed by atoms with Crippen molar-refractivity contribution in [2.75, 3.05) is 26.2 Å². The molecule has 4 aromatic rings. The molecule has 1 amide bonds. The second-order valence-electron chi connectivity index (χ2n) is 7.73. The van der Waals surface area contributed by atoms with E-state index in [1.165, 1.54) is 16.1 Å². The number of carbonyl (C=O) groups is 1. The Morgan fingerprint density at radius 1 is 1.00 bits per heavy atom. The minimum Gasteiger partial charge on any atom is -0.336 e.